The van der Waals surface area contributed by atoms with E-state index in [1.807, 2.05) is 12.1 Å². The summed E-state index contributed by atoms with van der Waals surface area (Å²) in [6.45, 7) is 1.32. The second-order valence-corrected chi connectivity index (χ2v) is 4.73. The first-order valence-corrected chi connectivity index (χ1v) is 6.55. The summed E-state index contributed by atoms with van der Waals surface area (Å²) in [5.41, 5.74) is 7.05. The quantitative estimate of drug-likeness (QED) is 0.648. The molecule has 1 aliphatic carbocycles. The number of carbonyl (C=O) groups excluding carboxylic acids is 2. The molecule has 1 fully saturated rings. The molecular weight excluding hydrogens is 242 g/mol. The normalized spacial score (nSPS) is 13.9. The molecule has 2 amide bonds. The number of benzene rings is 1. The Kier molecular flexibility index (Phi) is 4.52. The fraction of sp³-hybridized carbons (Fsp3) is 0.429. The molecule has 0 atom stereocenters. The number of amides is 2. The van der Waals surface area contributed by atoms with Crippen molar-refractivity contribution < 1.29 is 9.59 Å². The van der Waals surface area contributed by atoms with Gasteiger partial charge in [0.05, 0.1) is 0 Å². The first kappa shape index (κ1) is 13.5. The third kappa shape index (κ3) is 4.06. The van der Waals surface area contributed by atoms with Crippen molar-refractivity contribution in [3.8, 4) is 0 Å². The Morgan fingerprint density at radius 2 is 1.95 bits per heavy atom. The Hall–Kier alpha value is -1.88. The third-order valence-electron chi connectivity index (χ3n) is 3.08. The van der Waals surface area contributed by atoms with Gasteiger partial charge in [0.15, 0.2) is 0 Å². The molecule has 5 nitrogen and oxygen atoms in total. The molecule has 0 radical (unpaired) electrons. The summed E-state index contributed by atoms with van der Waals surface area (Å²) in [6, 6.07) is 7.22. The molecule has 0 bridgehead atoms. The maximum atomic E-state index is 11.8. The standard InChI is InChI=1S/C14H19N3O2/c15-9-10-2-1-3-12(8-10)14(19)17-7-6-16-13(18)11-4-5-11/h1-3,8,11H,4-7,9,15H2,(H,16,18)(H,17,19). The van der Waals surface area contributed by atoms with E-state index in [-0.39, 0.29) is 17.7 Å². The topological polar surface area (TPSA) is 84.2 Å². The highest BCUT2D eigenvalue weighted by molar-refractivity contribution is 5.94. The first-order valence-electron chi connectivity index (χ1n) is 6.55. The van der Waals surface area contributed by atoms with Crippen LogP contribution in [0.2, 0.25) is 0 Å². The smallest absolute Gasteiger partial charge is 0.251 e. The van der Waals surface area contributed by atoms with Gasteiger partial charge in [0.1, 0.15) is 0 Å². The molecule has 0 saturated heterocycles. The van der Waals surface area contributed by atoms with Crippen LogP contribution in [0, 0.1) is 5.92 Å². The van der Waals surface area contributed by atoms with Gasteiger partial charge in [0.2, 0.25) is 5.91 Å². The summed E-state index contributed by atoms with van der Waals surface area (Å²) in [6.07, 6.45) is 1.98. The van der Waals surface area contributed by atoms with Crippen molar-refractivity contribution in [1.82, 2.24) is 10.6 Å². The fourth-order valence-electron chi connectivity index (χ4n) is 1.79. The minimum absolute atomic E-state index is 0.0966. The van der Waals surface area contributed by atoms with Gasteiger partial charge in [-0.3, -0.25) is 9.59 Å². The lowest BCUT2D eigenvalue weighted by atomic mass is 10.1. The Bertz CT molecular complexity index is 470. The van der Waals surface area contributed by atoms with Gasteiger partial charge in [-0.2, -0.15) is 0 Å². The molecule has 1 aromatic rings. The van der Waals surface area contributed by atoms with Crippen LogP contribution in [0.15, 0.2) is 24.3 Å². The van der Waals surface area contributed by atoms with E-state index < -0.39 is 0 Å². The van der Waals surface area contributed by atoms with Gasteiger partial charge in [0, 0.05) is 31.1 Å². The van der Waals surface area contributed by atoms with Gasteiger partial charge < -0.3 is 16.4 Å². The summed E-state index contributed by atoms with van der Waals surface area (Å²) in [5.74, 6) is 0.160. The van der Waals surface area contributed by atoms with Crippen LogP contribution in [0.1, 0.15) is 28.8 Å². The number of hydrogen-bond donors (Lipinski definition) is 3. The molecule has 1 aromatic carbocycles. The molecule has 0 aliphatic heterocycles. The molecule has 0 aromatic heterocycles. The molecule has 0 unspecified atom stereocenters. The Labute approximate surface area is 112 Å². The predicted molar refractivity (Wildman–Crippen MR) is 72.4 cm³/mol. The summed E-state index contributed by atoms with van der Waals surface area (Å²) >= 11 is 0. The second-order valence-electron chi connectivity index (χ2n) is 4.73. The molecule has 102 valence electrons. The number of rotatable bonds is 6. The maximum absolute atomic E-state index is 11.8. The van der Waals surface area contributed by atoms with E-state index >= 15 is 0 Å². The molecule has 5 heteroatoms. The second kappa shape index (κ2) is 6.33. The van der Waals surface area contributed by atoms with Gasteiger partial charge >= 0.3 is 0 Å². The van der Waals surface area contributed by atoms with Crippen molar-refractivity contribution in [3.05, 3.63) is 35.4 Å². The van der Waals surface area contributed by atoms with E-state index in [1.54, 1.807) is 12.1 Å². The van der Waals surface area contributed by atoms with Gasteiger partial charge in [-0.1, -0.05) is 12.1 Å². The number of hydrogen-bond acceptors (Lipinski definition) is 3. The summed E-state index contributed by atoms with van der Waals surface area (Å²) in [5, 5.41) is 5.57. The van der Waals surface area contributed by atoms with Crippen LogP contribution in [0.4, 0.5) is 0 Å². The SMILES string of the molecule is NCc1cccc(C(=O)NCCNC(=O)C2CC2)c1. The van der Waals surface area contributed by atoms with Crippen LogP contribution >= 0.6 is 0 Å². The van der Waals surface area contributed by atoms with Gasteiger partial charge in [-0.05, 0) is 30.5 Å². The van der Waals surface area contributed by atoms with E-state index in [4.69, 9.17) is 5.73 Å². The van der Waals surface area contributed by atoms with Crippen molar-refractivity contribution in [2.24, 2.45) is 11.7 Å². The maximum Gasteiger partial charge on any atom is 0.251 e. The van der Waals surface area contributed by atoms with Crippen molar-refractivity contribution >= 4 is 11.8 Å². The van der Waals surface area contributed by atoms with E-state index in [2.05, 4.69) is 10.6 Å². The molecule has 1 saturated carbocycles. The lowest BCUT2D eigenvalue weighted by Gasteiger charge is -2.07. The van der Waals surface area contributed by atoms with E-state index in [0.717, 1.165) is 18.4 Å². The molecule has 19 heavy (non-hydrogen) atoms. The third-order valence-corrected chi connectivity index (χ3v) is 3.08. The van der Waals surface area contributed by atoms with E-state index in [9.17, 15) is 9.59 Å². The highest BCUT2D eigenvalue weighted by Crippen LogP contribution is 2.28. The van der Waals surface area contributed by atoms with Crippen LogP contribution in [-0.2, 0) is 11.3 Å². The van der Waals surface area contributed by atoms with Crippen LogP contribution < -0.4 is 16.4 Å². The summed E-state index contributed by atoms with van der Waals surface area (Å²) < 4.78 is 0. The Morgan fingerprint density at radius 3 is 2.63 bits per heavy atom. The van der Waals surface area contributed by atoms with Crippen LogP contribution in [0.5, 0.6) is 0 Å². The van der Waals surface area contributed by atoms with Crippen molar-refractivity contribution in [2.75, 3.05) is 13.1 Å². The molecule has 4 N–H and O–H groups in total. The van der Waals surface area contributed by atoms with E-state index in [0.29, 0.717) is 25.2 Å². The number of nitrogens with one attached hydrogen (secondary N) is 2. The monoisotopic (exact) mass is 261 g/mol. The Balaban J connectivity index is 1.72. The van der Waals surface area contributed by atoms with Gasteiger partial charge in [-0.25, -0.2) is 0 Å². The van der Waals surface area contributed by atoms with E-state index in [1.165, 1.54) is 0 Å². The van der Waals surface area contributed by atoms with Gasteiger partial charge in [-0.15, -0.1) is 0 Å². The predicted octanol–water partition coefficient (Wildman–Crippen LogP) is 0.401. The van der Waals surface area contributed by atoms with Crippen LogP contribution in [-0.4, -0.2) is 24.9 Å². The lowest BCUT2D eigenvalue weighted by molar-refractivity contribution is -0.122. The first-order chi connectivity index (χ1) is 9.20. The molecule has 0 heterocycles. The molecule has 0 spiro atoms. The van der Waals surface area contributed by atoms with Crippen LogP contribution in [0.3, 0.4) is 0 Å². The molecule has 1 aliphatic rings. The summed E-state index contributed by atoms with van der Waals surface area (Å²) in [4.78, 5) is 23.2. The van der Waals surface area contributed by atoms with Crippen molar-refractivity contribution in [1.29, 1.82) is 0 Å². The zero-order chi connectivity index (χ0) is 13.7. The average Bonchev–Trinajstić information content (AvgIpc) is 3.27. The number of carbonyl (C=O) groups is 2. The van der Waals surface area contributed by atoms with Crippen molar-refractivity contribution in [2.45, 2.75) is 19.4 Å². The Morgan fingerprint density at radius 1 is 1.21 bits per heavy atom. The lowest BCUT2D eigenvalue weighted by Crippen LogP contribution is -2.35. The minimum Gasteiger partial charge on any atom is -0.354 e. The fourth-order valence-corrected chi connectivity index (χ4v) is 1.79. The largest absolute Gasteiger partial charge is 0.354 e. The zero-order valence-electron chi connectivity index (χ0n) is 10.8. The van der Waals surface area contributed by atoms with Crippen LogP contribution in [0.25, 0.3) is 0 Å². The molecular formula is C14H19N3O2. The highest BCUT2D eigenvalue weighted by atomic mass is 16.2. The number of nitrogens with two attached hydrogens (primary N) is 1. The summed E-state index contributed by atoms with van der Waals surface area (Å²) in [7, 11) is 0. The highest BCUT2D eigenvalue weighted by Gasteiger charge is 2.28. The zero-order valence-corrected chi connectivity index (χ0v) is 10.8. The van der Waals surface area contributed by atoms with Crippen molar-refractivity contribution in [3.63, 3.8) is 0 Å². The minimum atomic E-state index is -0.143. The average molecular weight is 261 g/mol. The molecule has 2 rings (SSSR count). The van der Waals surface area contributed by atoms with Gasteiger partial charge in [0.25, 0.3) is 5.91 Å².